The summed E-state index contributed by atoms with van der Waals surface area (Å²) in [5, 5.41) is 2.24. The first-order valence-electron chi connectivity index (χ1n) is 3.33. The molecule has 3 nitrogen and oxygen atoms in total. The van der Waals surface area contributed by atoms with Gasteiger partial charge in [-0.3, -0.25) is 9.59 Å². The summed E-state index contributed by atoms with van der Waals surface area (Å²) >= 11 is 1.17. The molecule has 1 radical (unpaired) electrons. The molecule has 0 aliphatic carbocycles. The highest BCUT2D eigenvalue weighted by Crippen LogP contribution is 2.16. The molecule has 0 aliphatic heterocycles. The van der Waals surface area contributed by atoms with Gasteiger partial charge in [-0.25, -0.2) is 0 Å². The lowest BCUT2D eigenvalue weighted by atomic mass is 10.3. The topological polar surface area (TPSA) is 46.2 Å². The number of Topliss-reactive ketones (excluding diaryl/α,β-unsaturated/α-hetero) is 1. The zero-order chi connectivity index (χ0) is 9.14. The van der Waals surface area contributed by atoms with Crippen LogP contribution in [0.5, 0.6) is 0 Å². The second-order valence-electron chi connectivity index (χ2n) is 2.23. The Hall–Kier alpha value is -1.16. The van der Waals surface area contributed by atoms with Crippen LogP contribution in [0.1, 0.15) is 26.3 Å². The van der Waals surface area contributed by atoms with Crippen LogP contribution in [0.3, 0.4) is 0 Å². The largest absolute Gasteiger partial charge is 0.350 e. The molecule has 1 N–H and O–H groups in total. The Morgan fingerprint density at radius 1 is 1.42 bits per heavy atom. The van der Waals surface area contributed by atoms with Gasteiger partial charge in [0.25, 0.3) is 5.91 Å². The van der Waals surface area contributed by atoms with Gasteiger partial charge in [0.2, 0.25) is 0 Å². The molecule has 0 atom stereocenters. The number of amides is 1. The fraction of sp³-hybridized carbons (Fsp3) is 0.125. The second-order valence-corrected chi connectivity index (χ2v) is 3.31. The van der Waals surface area contributed by atoms with E-state index in [1.165, 1.54) is 18.3 Å². The van der Waals surface area contributed by atoms with Crippen molar-refractivity contribution in [3.05, 3.63) is 28.9 Å². The molecular weight excluding hydrogens is 174 g/mol. The van der Waals surface area contributed by atoms with Crippen molar-refractivity contribution in [3.8, 4) is 0 Å². The average Bonchev–Trinajstić information content (AvgIpc) is 2.51. The molecule has 0 aliphatic rings. The third kappa shape index (κ3) is 1.71. The van der Waals surface area contributed by atoms with Gasteiger partial charge < -0.3 is 5.32 Å². The third-order valence-electron chi connectivity index (χ3n) is 1.34. The van der Waals surface area contributed by atoms with Crippen molar-refractivity contribution in [3.63, 3.8) is 0 Å². The SMILES string of the molecule is [CH2]NC(=O)c1ccc(C(C)=O)s1. The summed E-state index contributed by atoms with van der Waals surface area (Å²) in [7, 11) is 3.24. The Balaban J connectivity index is 2.91. The second kappa shape index (κ2) is 3.49. The van der Waals surface area contributed by atoms with Crippen LogP contribution >= 0.6 is 11.3 Å². The predicted molar refractivity (Wildman–Crippen MR) is 47.1 cm³/mol. The third-order valence-corrected chi connectivity index (χ3v) is 2.52. The number of rotatable bonds is 2. The molecule has 0 bridgehead atoms. The van der Waals surface area contributed by atoms with E-state index in [2.05, 4.69) is 12.4 Å². The zero-order valence-electron chi connectivity index (χ0n) is 6.59. The molecular formula is C8H8NO2S. The highest BCUT2D eigenvalue weighted by atomic mass is 32.1. The first-order valence-corrected chi connectivity index (χ1v) is 4.15. The summed E-state index contributed by atoms with van der Waals surface area (Å²) in [6, 6.07) is 3.25. The van der Waals surface area contributed by atoms with Crippen molar-refractivity contribution in [1.29, 1.82) is 0 Å². The summed E-state index contributed by atoms with van der Waals surface area (Å²) in [5.74, 6) is -0.282. The number of carbonyl (C=O) groups excluding carboxylic acids is 2. The summed E-state index contributed by atoms with van der Waals surface area (Å²) < 4.78 is 0. The quantitative estimate of drug-likeness (QED) is 0.704. The maximum Gasteiger partial charge on any atom is 0.261 e. The molecule has 0 fully saturated rings. The van der Waals surface area contributed by atoms with Crippen LogP contribution < -0.4 is 5.32 Å². The molecule has 1 aromatic rings. The number of hydrogen-bond donors (Lipinski definition) is 1. The highest BCUT2D eigenvalue weighted by Gasteiger charge is 2.08. The van der Waals surface area contributed by atoms with Crippen LogP contribution in [-0.4, -0.2) is 11.7 Å². The van der Waals surface area contributed by atoms with E-state index in [1.54, 1.807) is 12.1 Å². The van der Waals surface area contributed by atoms with E-state index in [0.717, 1.165) is 0 Å². The van der Waals surface area contributed by atoms with Crippen LogP contribution in [0.15, 0.2) is 12.1 Å². The molecule has 12 heavy (non-hydrogen) atoms. The predicted octanol–water partition coefficient (Wildman–Crippen LogP) is 1.47. The number of nitrogens with one attached hydrogen (secondary N) is 1. The molecule has 1 aromatic heterocycles. The molecule has 63 valence electrons. The molecule has 1 rings (SSSR count). The monoisotopic (exact) mass is 182 g/mol. The van der Waals surface area contributed by atoms with Crippen molar-refractivity contribution < 1.29 is 9.59 Å². The van der Waals surface area contributed by atoms with Gasteiger partial charge in [0.05, 0.1) is 9.75 Å². The van der Waals surface area contributed by atoms with Crippen LogP contribution in [-0.2, 0) is 0 Å². The van der Waals surface area contributed by atoms with Gasteiger partial charge in [0.1, 0.15) is 0 Å². The van der Waals surface area contributed by atoms with E-state index in [9.17, 15) is 9.59 Å². The van der Waals surface area contributed by atoms with Crippen LogP contribution in [0.25, 0.3) is 0 Å². The minimum absolute atomic E-state index is 0.0249. The number of thiophene rings is 1. The van der Waals surface area contributed by atoms with Crippen LogP contribution in [0.4, 0.5) is 0 Å². The Kier molecular flexibility index (Phi) is 2.60. The van der Waals surface area contributed by atoms with Gasteiger partial charge in [0.15, 0.2) is 5.78 Å². The molecule has 0 saturated heterocycles. The lowest BCUT2D eigenvalue weighted by Crippen LogP contribution is -2.13. The Morgan fingerprint density at radius 3 is 2.42 bits per heavy atom. The van der Waals surface area contributed by atoms with E-state index in [4.69, 9.17) is 0 Å². The Morgan fingerprint density at radius 2 is 2.00 bits per heavy atom. The van der Waals surface area contributed by atoms with Gasteiger partial charge in [-0.15, -0.1) is 11.3 Å². The minimum Gasteiger partial charge on any atom is -0.350 e. The fourth-order valence-corrected chi connectivity index (χ4v) is 1.55. The van der Waals surface area contributed by atoms with E-state index < -0.39 is 0 Å². The van der Waals surface area contributed by atoms with Crippen molar-refractivity contribution in [2.75, 3.05) is 0 Å². The van der Waals surface area contributed by atoms with E-state index in [0.29, 0.717) is 9.75 Å². The maximum atomic E-state index is 11.0. The van der Waals surface area contributed by atoms with Crippen molar-refractivity contribution in [1.82, 2.24) is 5.32 Å². The molecule has 0 saturated carbocycles. The Labute approximate surface area is 74.4 Å². The van der Waals surface area contributed by atoms with Crippen molar-refractivity contribution in [2.45, 2.75) is 6.92 Å². The van der Waals surface area contributed by atoms with E-state index >= 15 is 0 Å². The smallest absolute Gasteiger partial charge is 0.261 e. The molecule has 0 aromatic carbocycles. The number of ketones is 1. The molecule has 0 spiro atoms. The number of hydrogen-bond acceptors (Lipinski definition) is 3. The van der Waals surface area contributed by atoms with Gasteiger partial charge in [-0.05, 0) is 19.1 Å². The zero-order valence-corrected chi connectivity index (χ0v) is 7.40. The van der Waals surface area contributed by atoms with Gasteiger partial charge in [-0.1, -0.05) is 0 Å². The van der Waals surface area contributed by atoms with Crippen LogP contribution in [0, 0.1) is 7.05 Å². The van der Waals surface area contributed by atoms with E-state index in [-0.39, 0.29) is 11.7 Å². The lowest BCUT2D eigenvalue weighted by molar-refractivity contribution is 0.0972. The maximum absolute atomic E-state index is 11.0. The highest BCUT2D eigenvalue weighted by molar-refractivity contribution is 7.15. The summed E-state index contributed by atoms with van der Waals surface area (Å²) in [6.45, 7) is 1.47. The van der Waals surface area contributed by atoms with Crippen molar-refractivity contribution in [2.24, 2.45) is 0 Å². The molecule has 4 heteroatoms. The molecule has 0 unspecified atom stereocenters. The molecule has 1 amide bonds. The minimum atomic E-state index is -0.257. The van der Waals surface area contributed by atoms with Gasteiger partial charge in [0, 0.05) is 7.05 Å². The molecule has 1 heterocycles. The summed E-state index contributed by atoms with van der Waals surface area (Å²) in [4.78, 5) is 22.9. The van der Waals surface area contributed by atoms with Gasteiger partial charge >= 0.3 is 0 Å². The van der Waals surface area contributed by atoms with E-state index in [1.807, 2.05) is 0 Å². The first-order chi connectivity index (χ1) is 5.65. The Bertz CT molecular complexity index is 317. The fourth-order valence-electron chi connectivity index (χ4n) is 0.736. The first kappa shape index (κ1) is 8.93. The average molecular weight is 182 g/mol. The standard InChI is InChI=1S/C8H8NO2S/c1-5(10)6-3-4-7(12-6)8(11)9-2/h3-4H,2H2,1H3,(H,9,11). The van der Waals surface area contributed by atoms with Crippen molar-refractivity contribution >= 4 is 23.0 Å². The lowest BCUT2D eigenvalue weighted by Gasteiger charge is -1.91. The number of carbonyl (C=O) groups is 2. The summed E-state index contributed by atoms with van der Waals surface area (Å²) in [5.41, 5.74) is 0. The van der Waals surface area contributed by atoms with Crippen LogP contribution in [0.2, 0.25) is 0 Å². The van der Waals surface area contributed by atoms with Gasteiger partial charge in [-0.2, -0.15) is 0 Å². The normalized spacial score (nSPS) is 9.50. The summed E-state index contributed by atoms with van der Waals surface area (Å²) in [6.07, 6.45) is 0.